The summed E-state index contributed by atoms with van der Waals surface area (Å²) < 4.78 is 5.84. The van der Waals surface area contributed by atoms with Gasteiger partial charge in [-0.05, 0) is 32.1 Å². The Labute approximate surface area is 127 Å². The largest absolute Gasteiger partial charge is 0.403 e. The van der Waals surface area contributed by atoms with E-state index in [0.717, 1.165) is 44.5 Å². The molecule has 1 atom stereocenters. The van der Waals surface area contributed by atoms with Gasteiger partial charge in [-0.15, -0.1) is 0 Å². The molecule has 120 valence electrons. The summed E-state index contributed by atoms with van der Waals surface area (Å²) in [5, 5.41) is 2.00. The van der Waals surface area contributed by atoms with Crippen LogP contribution in [0.1, 0.15) is 38.5 Å². The van der Waals surface area contributed by atoms with Crippen LogP contribution in [0.15, 0.2) is 11.9 Å². The Bertz CT molecular complexity index is 373. The van der Waals surface area contributed by atoms with Gasteiger partial charge in [-0.2, -0.15) is 0 Å². The minimum Gasteiger partial charge on any atom is -0.403 e. The summed E-state index contributed by atoms with van der Waals surface area (Å²) >= 11 is 0. The molecule has 6 heteroatoms. The van der Waals surface area contributed by atoms with E-state index < -0.39 is 0 Å². The highest BCUT2D eigenvalue weighted by Gasteiger charge is 2.27. The van der Waals surface area contributed by atoms with Crippen molar-refractivity contribution in [2.24, 2.45) is 5.73 Å². The highest BCUT2D eigenvalue weighted by atomic mass is 16.5. The van der Waals surface area contributed by atoms with E-state index in [-0.39, 0.29) is 11.9 Å². The first-order valence-electron chi connectivity index (χ1n) is 7.99. The zero-order chi connectivity index (χ0) is 15.1. The standard InChI is InChI=1S/C15H28N4O2/c1-17-19-9-5-3-7-15(20)18-8-4-2-6-13(18)11-21-12-14(19)10-16/h10,13,17H,2-9,11-12,16H2,1H3/b14-10-. The lowest BCUT2D eigenvalue weighted by molar-refractivity contribution is -0.136. The number of carbonyl (C=O) groups excluding carboxylic acids is 1. The average molecular weight is 296 g/mol. The van der Waals surface area contributed by atoms with E-state index in [9.17, 15) is 4.79 Å². The van der Waals surface area contributed by atoms with Crippen molar-refractivity contribution in [1.82, 2.24) is 15.3 Å². The smallest absolute Gasteiger partial charge is 0.222 e. The van der Waals surface area contributed by atoms with Crippen LogP contribution < -0.4 is 11.2 Å². The molecule has 2 rings (SSSR count). The number of nitrogens with two attached hydrogens (primary N) is 1. The summed E-state index contributed by atoms with van der Waals surface area (Å²) in [6, 6.07) is 0.229. The minimum atomic E-state index is 0.229. The second-order valence-corrected chi connectivity index (χ2v) is 5.74. The third kappa shape index (κ3) is 4.35. The number of ether oxygens (including phenoxy) is 1. The molecule has 21 heavy (non-hydrogen) atoms. The molecule has 0 bridgehead atoms. The number of fused-ring (bicyclic) bond motifs is 1. The van der Waals surface area contributed by atoms with Crippen molar-refractivity contribution in [3.8, 4) is 0 Å². The van der Waals surface area contributed by atoms with Gasteiger partial charge in [0.2, 0.25) is 5.91 Å². The van der Waals surface area contributed by atoms with Gasteiger partial charge in [0.15, 0.2) is 0 Å². The molecule has 2 aliphatic rings. The van der Waals surface area contributed by atoms with Gasteiger partial charge < -0.3 is 20.4 Å². The number of hydrazine groups is 1. The molecule has 2 heterocycles. The maximum absolute atomic E-state index is 12.3. The normalized spacial score (nSPS) is 28.0. The molecule has 0 radical (unpaired) electrons. The second kappa shape index (κ2) is 8.24. The van der Waals surface area contributed by atoms with E-state index in [1.54, 1.807) is 6.20 Å². The molecule has 1 unspecified atom stereocenters. The van der Waals surface area contributed by atoms with Gasteiger partial charge in [0.25, 0.3) is 0 Å². The summed E-state index contributed by atoms with van der Waals surface area (Å²) in [5.74, 6) is 0.287. The van der Waals surface area contributed by atoms with Crippen molar-refractivity contribution >= 4 is 5.91 Å². The predicted octanol–water partition coefficient (Wildman–Crippen LogP) is 0.805. The highest BCUT2D eigenvalue weighted by Crippen LogP contribution is 2.20. The fourth-order valence-corrected chi connectivity index (χ4v) is 3.11. The number of hydrogen-bond acceptors (Lipinski definition) is 5. The van der Waals surface area contributed by atoms with E-state index in [2.05, 4.69) is 5.43 Å². The van der Waals surface area contributed by atoms with Crippen molar-refractivity contribution in [1.29, 1.82) is 0 Å². The first kappa shape index (κ1) is 16.1. The quantitative estimate of drug-likeness (QED) is 0.749. The molecule has 6 nitrogen and oxygen atoms in total. The van der Waals surface area contributed by atoms with Crippen molar-refractivity contribution in [2.75, 3.05) is 33.4 Å². The van der Waals surface area contributed by atoms with Gasteiger partial charge in [-0.3, -0.25) is 4.79 Å². The van der Waals surface area contributed by atoms with Crippen LogP contribution in [0.5, 0.6) is 0 Å². The first-order chi connectivity index (χ1) is 10.3. The number of piperidine rings is 1. The maximum atomic E-state index is 12.3. The number of rotatable bonds is 1. The van der Waals surface area contributed by atoms with Crippen molar-refractivity contribution in [3.63, 3.8) is 0 Å². The number of nitrogens with one attached hydrogen (secondary N) is 1. The van der Waals surface area contributed by atoms with Crippen molar-refractivity contribution in [2.45, 2.75) is 44.6 Å². The zero-order valence-electron chi connectivity index (χ0n) is 13.0. The van der Waals surface area contributed by atoms with Crippen LogP contribution in [0.4, 0.5) is 0 Å². The summed E-state index contributed by atoms with van der Waals surface area (Å²) in [6.07, 6.45) is 7.45. The Morgan fingerprint density at radius 3 is 2.86 bits per heavy atom. The van der Waals surface area contributed by atoms with E-state index in [1.807, 2.05) is 17.0 Å². The van der Waals surface area contributed by atoms with E-state index in [0.29, 0.717) is 19.6 Å². The molecule has 2 aliphatic heterocycles. The van der Waals surface area contributed by atoms with Crippen LogP contribution >= 0.6 is 0 Å². The SMILES string of the molecule is CNN1CCCCC(=O)N2CCCCC2COC/C1=C/N. The van der Waals surface area contributed by atoms with Gasteiger partial charge in [0, 0.05) is 32.8 Å². The molecular weight excluding hydrogens is 268 g/mol. The lowest BCUT2D eigenvalue weighted by atomic mass is 10.0. The third-order valence-corrected chi connectivity index (χ3v) is 4.34. The zero-order valence-corrected chi connectivity index (χ0v) is 13.0. The van der Waals surface area contributed by atoms with Crippen LogP contribution in [0.3, 0.4) is 0 Å². The number of carbonyl (C=O) groups is 1. The molecular formula is C15H28N4O2. The lowest BCUT2D eigenvalue weighted by Gasteiger charge is -2.36. The molecule has 0 aromatic carbocycles. The highest BCUT2D eigenvalue weighted by molar-refractivity contribution is 5.76. The Morgan fingerprint density at radius 1 is 1.29 bits per heavy atom. The van der Waals surface area contributed by atoms with Gasteiger partial charge in [-0.25, -0.2) is 5.43 Å². The van der Waals surface area contributed by atoms with Crippen LogP contribution in [0, 0.1) is 0 Å². The molecule has 0 saturated carbocycles. The summed E-state index contributed by atoms with van der Waals surface area (Å²) in [7, 11) is 1.88. The van der Waals surface area contributed by atoms with E-state index in [4.69, 9.17) is 10.5 Å². The molecule has 0 aromatic heterocycles. The molecule has 2 fully saturated rings. The Kier molecular flexibility index (Phi) is 6.32. The maximum Gasteiger partial charge on any atom is 0.222 e. The van der Waals surface area contributed by atoms with Crippen LogP contribution in [0.2, 0.25) is 0 Å². The van der Waals surface area contributed by atoms with Crippen LogP contribution in [0.25, 0.3) is 0 Å². The Hall–Kier alpha value is -1.27. The third-order valence-electron chi connectivity index (χ3n) is 4.34. The topological polar surface area (TPSA) is 70.8 Å². The van der Waals surface area contributed by atoms with Crippen molar-refractivity contribution in [3.05, 3.63) is 11.9 Å². The average Bonchev–Trinajstić information content (AvgIpc) is 2.51. The monoisotopic (exact) mass is 296 g/mol. The van der Waals surface area contributed by atoms with Gasteiger partial charge in [0.05, 0.1) is 25.0 Å². The first-order valence-corrected chi connectivity index (χ1v) is 7.99. The van der Waals surface area contributed by atoms with Gasteiger partial charge >= 0.3 is 0 Å². The van der Waals surface area contributed by atoms with Crippen LogP contribution in [-0.4, -0.2) is 55.2 Å². The lowest BCUT2D eigenvalue weighted by Crippen LogP contribution is -2.47. The molecule has 1 amide bonds. The Morgan fingerprint density at radius 2 is 2.10 bits per heavy atom. The number of hydrogen-bond donors (Lipinski definition) is 2. The van der Waals surface area contributed by atoms with Gasteiger partial charge in [0.1, 0.15) is 0 Å². The summed E-state index contributed by atoms with van der Waals surface area (Å²) in [6.45, 7) is 2.80. The summed E-state index contributed by atoms with van der Waals surface area (Å²) in [5.41, 5.74) is 9.80. The molecule has 3 N–H and O–H groups in total. The second-order valence-electron chi connectivity index (χ2n) is 5.74. The Balaban J connectivity index is 2.03. The fraction of sp³-hybridized carbons (Fsp3) is 0.800. The van der Waals surface area contributed by atoms with E-state index >= 15 is 0 Å². The molecule has 0 aromatic rings. The summed E-state index contributed by atoms with van der Waals surface area (Å²) in [4.78, 5) is 14.4. The molecule has 0 spiro atoms. The predicted molar refractivity (Wildman–Crippen MR) is 82.1 cm³/mol. The molecule has 2 saturated heterocycles. The van der Waals surface area contributed by atoms with E-state index in [1.165, 1.54) is 6.42 Å². The number of amides is 1. The van der Waals surface area contributed by atoms with Crippen molar-refractivity contribution < 1.29 is 9.53 Å². The fourth-order valence-electron chi connectivity index (χ4n) is 3.11. The molecule has 0 aliphatic carbocycles. The number of nitrogens with zero attached hydrogens (tertiary/aromatic N) is 2. The minimum absolute atomic E-state index is 0.229. The van der Waals surface area contributed by atoms with Gasteiger partial charge in [-0.1, -0.05) is 0 Å². The van der Waals surface area contributed by atoms with Crippen LogP contribution in [-0.2, 0) is 9.53 Å².